The maximum absolute atomic E-state index is 12.6. The van der Waals surface area contributed by atoms with Crippen molar-refractivity contribution < 1.29 is 14.7 Å². The van der Waals surface area contributed by atoms with Crippen molar-refractivity contribution in [1.29, 1.82) is 0 Å². The fraction of sp³-hybridized carbons (Fsp3) is 0. The van der Waals surface area contributed by atoms with Crippen LogP contribution in [0.5, 0.6) is 0 Å². The van der Waals surface area contributed by atoms with Crippen LogP contribution in [0.15, 0.2) is 65.1 Å². The molecule has 1 N–H and O–H groups in total. The second-order valence-electron chi connectivity index (χ2n) is 4.93. The lowest BCUT2D eigenvalue weighted by atomic mass is 10.0. The molecule has 3 rings (SSSR count). The van der Waals surface area contributed by atoms with Gasteiger partial charge in [0.25, 0.3) is 5.91 Å². The van der Waals surface area contributed by atoms with Crippen molar-refractivity contribution in [1.82, 2.24) is 0 Å². The number of halogens is 1. The van der Waals surface area contributed by atoms with Gasteiger partial charge in [-0.3, -0.25) is 4.79 Å². The average Bonchev–Trinajstić information content (AvgIpc) is 2.55. The van der Waals surface area contributed by atoms with Crippen LogP contribution in [-0.4, -0.2) is 11.9 Å². The number of hydrogen-bond acceptors (Lipinski definition) is 3. The molecule has 0 radical (unpaired) electrons. The molecule has 23 heavy (non-hydrogen) atoms. The third-order valence-corrected chi connectivity index (χ3v) is 4.20. The van der Waals surface area contributed by atoms with E-state index in [0.717, 1.165) is 15.2 Å². The zero-order valence-electron chi connectivity index (χ0n) is 11.9. The molecule has 0 aliphatic rings. The summed E-state index contributed by atoms with van der Waals surface area (Å²) in [5.74, 6) is -1.70. The Balaban J connectivity index is 2.03. The minimum Gasteiger partial charge on any atom is -0.545 e. The number of rotatable bonds is 3. The van der Waals surface area contributed by atoms with Crippen molar-refractivity contribution in [3.05, 3.63) is 76.3 Å². The highest BCUT2D eigenvalue weighted by Gasteiger charge is 2.13. The highest BCUT2D eigenvalue weighted by molar-refractivity contribution is 9.10. The molecule has 0 heterocycles. The number of carboxylic acid groups (broad SMARTS) is 1. The van der Waals surface area contributed by atoms with Gasteiger partial charge in [0.15, 0.2) is 0 Å². The first-order valence-electron chi connectivity index (χ1n) is 6.87. The van der Waals surface area contributed by atoms with Crippen LogP contribution in [-0.2, 0) is 0 Å². The monoisotopic (exact) mass is 368 g/mol. The molecule has 4 nitrogen and oxygen atoms in total. The number of anilines is 1. The largest absolute Gasteiger partial charge is 0.545 e. The lowest BCUT2D eigenvalue weighted by Gasteiger charge is -2.13. The Morgan fingerprint density at radius 1 is 0.826 bits per heavy atom. The number of hydrogen-bond donors (Lipinski definition) is 1. The molecule has 114 valence electrons. The number of para-hydroxylation sites is 1. The lowest BCUT2D eigenvalue weighted by Crippen LogP contribution is -2.24. The zero-order chi connectivity index (χ0) is 16.4. The summed E-state index contributed by atoms with van der Waals surface area (Å²) in [5, 5.41) is 15.5. The fourth-order valence-corrected chi connectivity index (χ4v) is 2.93. The van der Waals surface area contributed by atoms with Crippen LogP contribution in [0.25, 0.3) is 10.8 Å². The van der Waals surface area contributed by atoms with Crippen LogP contribution in [0.4, 0.5) is 5.69 Å². The van der Waals surface area contributed by atoms with Crippen molar-refractivity contribution in [2.75, 3.05) is 5.32 Å². The van der Waals surface area contributed by atoms with E-state index in [1.165, 1.54) is 12.1 Å². The smallest absolute Gasteiger partial charge is 0.256 e. The van der Waals surface area contributed by atoms with Crippen LogP contribution in [0, 0.1) is 0 Å². The molecule has 0 aliphatic heterocycles. The van der Waals surface area contributed by atoms with Crippen LogP contribution >= 0.6 is 15.9 Å². The third kappa shape index (κ3) is 2.96. The first-order valence-corrected chi connectivity index (χ1v) is 7.66. The molecule has 0 bridgehead atoms. The number of amides is 1. The Hall–Kier alpha value is -2.66. The summed E-state index contributed by atoms with van der Waals surface area (Å²) >= 11 is 3.46. The number of carbonyl (C=O) groups is 2. The molecule has 1 amide bonds. The Bertz CT molecular complexity index is 921. The number of aromatic carboxylic acids is 1. The molecule has 3 aromatic carbocycles. The normalized spacial score (nSPS) is 10.5. The van der Waals surface area contributed by atoms with E-state index in [2.05, 4.69) is 21.2 Å². The summed E-state index contributed by atoms with van der Waals surface area (Å²) in [6.45, 7) is 0. The van der Waals surface area contributed by atoms with E-state index in [1.54, 1.807) is 24.3 Å². The topological polar surface area (TPSA) is 69.2 Å². The van der Waals surface area contributed by atoms with E-state index < -0.39 is 5.97 Å². The Kier molecular flexibility index (Phi) is 4.12. The summed E-state index contributed by atoms with van der Waals surface area (Å²) in [6.07, 6.45) is 0. The molecule has 3 aromatic rings. The first kappa shape index (κ1) is 15.2. The number of benzene rings is 3. The lowest BCUT2D eigenvalue weighted by molar-refractivity contribution is -0.254. The fourth-order valence-electron chi connectivity index (χ4n) is 2.43. The molecule has 0 spiro atoms. The molecule has 0 saturated heterocycles. The van der Waals surface area contributed by atoms with Crippen LogP contribution in [0.3, 0.4) is 0 Å². The molecule has 0 atom stereocenters. The maximum atomic E-state index is 12.6. The van der Waals surface area contributed by atoms with Gasteiger partial charge in [0, 0.05) is 15.6 Å². The number of carbonyl (C=O) groups excluding carboxylic acids is 2. The molecule has 0 aromatic heterocycles. The molecule has 0 aliphatic carbocycles. The van der Waals surface area contributed by atoms with Gasteiger partial charge in [0.1, 0.15) is 0 Å². The van der Waals surface area contributed by atoms with E-state index in [9.17, 15) is 14.7 Å². The molecular weight excluding hydrogens is 358 g/mol. The summed E-state index contributed by atoms with van der Waals surface area (Å²) < 4.78 is 0.889. The molecule has 0 unspecified atom stereocenters. The van der Waals surface area contributed by atoms with Crippen molar-refractivity contribution in [2.24, 2.45) is 0 Å². The average molecular weight is 369 g/mol. The van der Waals surface area contributed by atoms with Gasteiger partial charge < -0.3 is 15.2 Å². The predicted molar refractivity (Wildman–Crippen MR) is 90.4 cm³/mol. The first-order chi connectivity index (χ1) is 11.1. The van der Waals surface area contributed by atoms with Gasteiger partial charge >= 0.3 is 0 Å². The second kappa shape index (κ2) is 6.22. The van der Waals surface area contributed by atoms with E-state index >= 15 is 0 Å². The predicted octanol–water partition coefficient (Wildman–Crippen LogP) is 3.22. The summed E-state index contributed by atoms with van der Waals surface area (Å²) in [4.78, 5) is 23.7. The second-order valence-corrected chi connectivity index (χ2v) is 5.78. The number of fused-ring (bicyclic) bond motifs is 1. The third-order valence-electron chi connectivity index (χ3n) is 3.51. The summed E-state index contributed by atoms with van der Waals surface area (Å²) in [7, 11) is 0. The van der Waals surface area contributed by atoms with Crippen LogP contribution in [0.2, 0.25) is 0 Å². The maximum Gasteiger partial charge on any atom is 0.256 e. The van der Waals surface area contributed by atoms with E-state index in [0.29, 0.717) is 5.56 Å². The molecular formula is C18H11BrNO3-. The van der Waals surface area contributed by atoms with Crippen LogP contribution in [0.1, 0.15) is 20.7 Å². The van der Waals surface area contributed by atoms with Gasteiger partial charge in [-0.1, -0.05) is 58.4 Å². The minimum absolute atomic E-state index is 0.0535. The standard InChI is InChI=1S/C18H12BrNO3/c19-15-9-4-6-11-12(15)7-3-8-13(11)17(21)20-16-10-2-1-5-14(16)18(22)23/h1-10H,(H,20,21)(H,22,23)/p-1. The van der Waals surface area contributed by atoms with Crippen molar-refractivity contribution in [3.8, 4) is 0 Å². The van der Waals surface area contributed by atoms with Crippen molar-refractivity contribution in [2.45, 2.75) is 0 Å². The zero-order valence-corrected chi connectivity index (χ0v) is 13.5. The minimum atomic E-state index is -1.33. The summed E-state index contributed by atoms with van der Waals surface area (Å²) in [6, 6.07) is 17.1. The summed E-state index contributed by atoms with van der Waals surface area (Å²) in [5.41, 5.74) is 0.628. The van der Waals surface area contributed by atoms with Gasteiger partial charge in [-0.15, -0.1) is 0 Å². The Morgan fingerprint density at radius 2 is 1.48 bits per heavy atom. The van der Waals surface area contributed by atoms with E-state index in [4.69, 9.17) is 0 Å². The van der Waals surface area contributed by atoms with Crippen molar-refractivity contribution >= 4 is 44.3 Å². The van der Waals surface area contributed by atoms with E-state index in [1.807, 2.05) is 24.3 Å². The van der Waals surface area contributed by atoms with Crippen molar-refractivity contribution in [3.63, 3.8) is 0 Å². The molecule has 0 saturated carbocycles. The Morgan fingerprint density at radius 3 is 2.26 bits per heavy atom. The van der Waals surface area contributed by atoms with Crippen LogP contribution < -0.4 is 10.4 Å². The molecule has 0 fully saturated rings. The number of carboxylic acids is 1. The van der Waals surface area contributed by atoms with E-state index in [-0.39, 0.29) is 17.2 Å². The van der Waals surface area contributed by atoms with Gasteiger partial charge in [0.05, 0.1) is 11.7 Å². The van der Waals surface area contributed by atoms with Gasteiger partial charge in [-0.2, -0.15) is 0 Å². The highest BCUT2D eigenvalue weighted by Crippen LogP contribution is 2.27. The number of nitrogens with one attached hydrogen (secondary N) is 1. The van der Waals surface area contributed by atoms with Gasteiger partial charge in [-0.05, 0) is 29.0 Å². The van der Waals surface area contributed by atoms with Gasteiger partial charge in [0.2, 0.25) is 0 Å². The Labute approximate surface area is 140 Å². The quantitative estimate of drug-likeness (QED) is 0.771. The van der Waals surface area contributed by atoms with Gasteiger partial charge in [-0.25, -0.2) is 0 Å². The molecule has 5 heteroatoms. The SMILES string of the molecule is O=C([O-])c1ccccc1NC(=O)c1cccc2c(Br)cccc12. The highest BCUT2D eigenvalue weighted by atomic mass is 79.9.